The number of para-hydroxylation sites is 1. The van der Waals surface area contributed by atoms with E-state index in [1.54, 1.807) is 43.3 Å². The minimum Gasteiger partial charge on any atom is -0.326 e. The minimum atomic E-state index is -0.334. The first-order chi connectivity index (χ1) is 16.5. The number of nitrogens with zero attached hydrogens (tertiary/aromatic N) is 3. The molecule has 4 rings (SSSR count). The standard InChI is InChI=1S/C25H22FN5O2S/c1-2-22(32)27-19-7-6-8-20(15-19)28-23(33)16-34-25-30-29-24(17-11-13-18(26)14-12-17)31(25)21-9-4-3-5-10-21/h3-15H,2,16H2,1H3,(H,27,32)(H,28,33). The largest absolute Gasteiger partial charge is 0.326 e. The average Bonchev–Trinajstić information content (AvgIpc) is 3.28. The molecule has 0 unspecified atom stereocenters. The summed E-state index contributed by atoms with van der Waals surface area (Å²) in [6, 6.07) is 22.5. The van der Waals surface area contributed by atoms with E-state index in [9.17, 15) is 14.0 Å². The molecule has 9 heteroatoms. The van der Waals surface area contributed by atoms with Crippen LogP contribution >= 0.6 is 11.8 Å². The lowest BCUT2D eigenvalue weighted by Crippen LogP contribution is -2.15. The monoisotopic (exact) mass is 475 g/mol. The first-order valence-corrected chi connectivity index (χ1v) is 11.6. The highest BCUT2D eigenvalue weighted by Gasteiger charge is 2.17. The molecule has 2 N–H and O–H groups in total. The summed E-state index contributed by atoms with van der Waals surface area (Å²) in [5.41, 5.74) is 2.73. The van der Waals surface area contributed by atoms with E-state index < -0.39 is 0 Å². The van der Waals surface area contributed by atoms with Gasteiger partial charge >= 0.3 is 0 Å². The van der Waals surface area contributed by atoms with Crippen LogP contribution in [0.25, 0.3) is 17.1 Å². The molecule has 0 aliphatic rings. The molecule has 0 spiro atoms. The molecular weight excluding hydrogens is 453 g/mol. The Hall–Kier alpha value is -3.98. The van der Waals surface area contributed by atoms with Gasteiger partial charge in [-0.2, -0.15) is 0 Å². The Morgan fingerprint density at radius 3 is 2.24 bits per heavy atom. The van der Waals surface area contributed by atoms with Crippen molar-refractivity contribution in [1.82, 2.24) is 14.8 Å². The molecule has 34 heavy (non-hydrogen) atoms. The van der Waals surface area contributed by atoms with Gasteiger partial charge in [0.2, 0.25) is 11.8 Å². The van der Waals surface area contributed by atoms with Crippen LogP contribution in [0, 0.1) is 5.82 Å². The molecule has 0 radical (unpaired) electrons. The fourth-order valence-electron chi connectivity index (χ4n) is 3.21. The van der Waals surface area contributed by atoms with E-state index in [0.29, 0.717) is 34.3 Å². The lowest BCUT2D eigenvalue weighted by atomic mass is 10.2. The van der Waals surface area contributed by atoms with Gasteiger partial charge in [-0.15, -0.1) is 10.2 Å². The molecule has 1 aromatic heterocycles. The Balaban J connectivity index is 1.51. The molecular formula is C25H22FN5O2S. The van der Waals surface area contributed by atoms with Crippen LogP contribution in [-0.2, 0) is 9.59 Å². The summed E-state index contributed by atoms with van der Waals surface area (Å²) < 4.78 is 15.3. The van der Waals surface area contributed by atoms with E-state index >= 15 is 0 Å². The van der Waals surface area contributed by atoms with Crippen LogP contribution < -0.4 is 10.6 Å². The maximum absolute atomic E-state index is 13.4. The van der Waals surface area contributed by atoms with Crippen LogP contribution in [0.1, 0.15) is 13.3 Å². The van der Waals surface area contributed by atoms with Gasteiger partial charge in [0.1, 0.15) is 5.82 Å². The predicted molar refractivity (Wildman–Crippen MR) is 131 cm³/mol. The number of anilines is 2. The third kappa shape index (κ3) is 5.68. The smallest absolute Gasteiger partial charge is 0.234 e. The fourth-order valence-corrected chi connectivity index (χ4v) is 3.96. The van der Waals surface area contributed by atoms with Crippen molar-refractivity contribution in [2.24, 2.45) is 0 Å². The topological polar surface area (TPSA) is 88.9 Å². The van der Waals surface area contributed by atoms with Crippen molar-refractivity contribution >= 4 is 35.0 Å². The number of carbonyl (C=O) groups excluding carboxylic acids is 2. The Morgan fingerprint density at radius 1 is 0.882 bits per heavy atom. The van der Waals surface area contributed by atoms with E-state index in [-0.39, 0.29) is 23.4 Å². The zero-order valence-corrected chi connectivity index (χ0v) is 19.2. The van der Waals surface area contributed by atoms with Crippen molar-refractivity contribution in [3.63, 3.8) is 0 Å². The molecule has 1 heterocycles. The quantitative estimate of drug-likeness (QED) is 0.344. The number of aromatic nitrogens is 3. The van der Waals surface area contributed by atoms with Crippen molar-refractivity contribution in [3.05, 3.63) is 84.7 Å². The van der Waals surface area contributed by atoms with Crippen molar-refractivity contribution in [1.29, 1.82) is 0 Å². The average molecular weight is 476 g/mol. The van der Waals surface area contributed by atoms with Gasteiger partial charge in [-0.3, -0.25) is 14.2 Å². The van der Waals surface area contributed by atoms with Crippen LogP contribution in [0.15, 0.2) is 84.0 Å². The molecule has 0 aliphatic heterocycles. The van der Waals surface area contributed by atoms with Gasteiger partial charge in [-0.1, -0.05) is 43.0 Å². The first kappa shape index (κ1) is 23.2. The van der Waals surface area contributed by atoms with E-state index in [2.05, 4.69) is 20.8 Å². The van der Waals surface area contributed by atoms with Gasteiger partial charge in [0.25, 0.3) is 0 Å². The number of hydrogen-bond donors (Lipinski definition) is 2. The van der Waals surface area contributed by atoms with Crippen LogP contribution in [0.5, 0.6) is 0 Å². The van der Waals surface area contributed by atoms with E-state index in [0.717, 1.165) is 5.69 Å². The molecule has 3 aromatic carbocycles. The van der Waals surface area contributed by atoms with Crippen LogP contribution in [0.2, 0.25) is 0 Å². The van der Waals surface area contributed by atoms with Crippen molar-refractivity contribution < 1.29 is 14.0 Å². The minimum absolute atomic E-state index is 0.0972. The number of amides is 2. The third-order valence-electron chi connectivity index (χ3n) is 4.83. The second-order valence-electron chi connectivity index (χ2n) is 7.30. The second-order valence-corrected chi connectivity index (χ2v) is 8.25. The Bertz CT molecular complexity index is 1290. The van der Waals surface area contributed by atoms with E-state index in [4.69, 9.17) is 0 Å². The number of rotatable bonds is 8. The normalized spacial score (nSPS) is 10.6. The Kier molecular flexibility index (Phi) is 7.34. The fraction of sp³-hybridized carbons (Fsp3) is 0.120. The highest BCUT2D eigenvalue weighted by molar-refractivity contribution is 7.99. The van der Waals surface area contributed by atoms with Crippen molar-refractivity contribution in [3.8, 4) is 17.1 Å². The summed E-state index contributed by atoms with van der Waals surface area (Å²) >= 11 is 1.24. The maximum Gasteiger partial charge on any atom is 0.234 e. The summed E-state index contributed by atoms with van der Waals surface area (Å²) in [5.74, 6) is -0.0151. The van der Waals surface area contributed by atoms with Crippen molar-refractivity contribution in [2.45, 2.75) is 18.5 Å². The first-order valence-electron chi connectivity index (χ1n) is 10.6. The number of thioether (sulfide) groups is 1. The third-order valence-corrected chi connectivity index (χ3v) is 5.76. The molecule has 0 fully saturated rings. The summed E-state index contributed by atoms with van der Waals surface area (Å²) in [5, 5.41) is 14.7. The Morgan fingerprint density at radius 2 is 1.56 bits per heavy atom. The number of benzene rings is 3. The van der Waals surface area contributed by atoms with Crippen LogP contribution in [0.3, 0.4) is 0 Å². The molecule has 172 valence electrons. The van der Waals surface area contributed by atoms with E-state index in [1.807, 2.05) is 34.9 Å². The van der Waals surface area contributed by atoms with Gasteiger partial charge in [0.15, 0.2) is 11.0 Å². The van der Waals surface area contributed by atoms with Gasteiger partial charge in [-0.05, 0) is 54.6 Å². The van der Waals surface area contributed by atoms with Crippen LogP contribution in [0.4, 0.5) is 15.8 Å². The molecule has 0 saturated carbocycles. The lowest BCUT2D eigenvalue weighted by Gasteiger charge is -2.11. The van der Waals surface area contributed by atoms with Gasteiger partial charge in [-0.25, -0.2) is 4.39 Å². The van der Waals surface area contributed by atoms with Gasteiger partial charge in [0, 0.05) is 29.0 Å². The molecule has 0 aliphatic carbocycles. The van der Waals surface area contributed by atoms with Gasteiger partial charge < -0.3 is 10.6 Å². The summed E-state index contributed by atoms with van der Waals surface area (Å²) in [6.45, 7) is 1.77. The molecule has 7 nitrogen and oxygen atoms in total. The summed E-state index contributed by atoms with van der Waals surface area (Å²) in [6.07, 6.45) is 0.370. The predicted octanol–water partition coefficient (Wildman–Crippen LogP) is 5.15. The molecule has 2 amide bonds. The zero-order valence-electron chi connectivity index (χ0n) is 18.4. The van der Waals surface area contributed by atoms with E-state index in [1.165, 1.54) is 23.9 Å². The maximum atomic E-state index is 13.4. The summed E-state index contributed by atoms with van der Waals surface area (Å²) in [4.78, 5) is 24.2. The number of halogens is 1. The van der Waals surface area contributed by atoms with Crippen LogP contribution in [-0.4, -0.2) is 32.3 Å². The van der Waals surface area contributed by atoms with Crippen molar-refractivity contribution in [2.75, 3.05) is 16.4 Å². The molecule has 0 saturated heterocycles. The number of hydrogen-bond acceptors (Lipinski definition) is 5. The highest BCUT2D eigenvalue weighted by Crippen LogP contribution is 2.28. The number of carbonyl (C=O) groups is 2. The molecule has 0 bridgehead atoms. The SMILES string of the molecule is CCC(=O)Nc1cccc(NC(=O)CSc2nnc(-c3ccc(F)cc3)n2-c2ccccc2)c1. The zero-order chi connectivity index (χ0) is 23.9. The molecule has 4 aromatic rings. The highest BCUT2D eigenvalue weighted by atomic mass is 32.2. The summed E-state index contributed by atoms with van der Waals surface area (Å²) in [7, 11) is 0. The van der Waals surface area contributed by atoms with Gasteiger partial charge in [0.05, 0.1) is 5.75 Å². The lowest BCUT2D eigenvalue weighted by molar-refractivity contribution is -0.116. The second kappa shape index (κ2) is 10.8. The Labute approximate surface area is 200 Å². The number of nitrogens with one attached hydrogen (secondary N) is 2. The molecule has 0 atom stereocenters.